The fraction of sp³-hybridized carbons (Fsp3) is 0.417. The first kappa shape index (κ1) is 21.1. The van der Waals surface area contributed by atoms with E-state index in [1.807, 2.05) is 32.1 Å². The number of carbonyl (C=O) groups is 1. The number of nitrogens with one attached hydrogen (secondary N) is 1. The quantitative estimate of drug-likeness (QED) is 0.818. The van der Waals surface area contributed by atoms with Gasteiger partial charge in [0.25, 0.3) is 5.91 Å². The lowest BCUT2D eigenvalue weighted by Crippen LogP contribution is -2.36. The van der Waals surface area contributed by atoms with Crippen LogP contribution < -0.4 is 5.32 Å². The molecule has 0 aromatic carbocycles. The van der Waals surface area contributed by atoms with Gasteiger partial charge in [0.15, 0.2) is 0 Å². The second kappa shape index (κ2) is 8.78. The SMILES string of the molecule is C=C1C(c2ccc(C(=O)N(CC)CC)nc2)=CC2(CCNC2)O/C1=C/C=C(C)C. The van der Waals surface area contributed by atoms with Gasteiger partial charge in [0.2, 0.25) is 0 Å². The first-order valence-electron chi connectivity index (χ1n) is 10.3. The van der Waals surface area contributed by atoms with E-state index in [-0.39, 0.29) is 11.5 Å². The molecule has 5 heteroatoms. The molecule has 1 fully saturated rings. The zero-order valence-electron chi connectivity index (χ0n) is 17.9. The summed E-state index contributed by atoms with van der Waals surface area (Å²) in [6.45, 7) is 15.4. The van der Waals surface area contributed by atoms with Gasteiger partial charge in [-0.25, -0.2) is 0 Å². The van der Waals surface area contributed by atoms with E-state index in [4.69, 9.17) is 4.74 Å². The Morgan fingerprint density at radius 1 is 1.34 bits per heavy atom. The van der Waals surface area contributed by atoms with E-state index < -0.39 is 0 Å². The van der Waals surface area contributed by atoms with Gasteiger partial charge in [0, 0.05) is 43.4 Å². The van der Waals surface area contributed by atoms with Gasteiger partial charge in [-0.2, -0.15) is 0 Å². The lowest BCUT2D eigenvalue weighted by molar-refractivity contribution is 0.0649. The maximum Gasteiger partial charge on any atom is 0.272 e. The molecule has 3 rings (SSSR count). The maximum absolute atomic E-state index is 12.6. The van der Waals surface area contributed by atoms with Gasteiger partial charge in [-0.05, 0) is 58.0 Å². The molecule has 29 heavy (non-hydrogen) atoms. The summed E-state index contributed by atoms with van der Waals surface area (Å²) in [5.41, 5.74) is 4.10. The Balaban J connectivity index is 1.96. The Morgan fingerprint density at radius 3 is 2.66 bits per heavy atom. The molecule has 1 aromatic heterocycles. The molecule has 0 aliphatic carbocycles. The fourth-order valence-electron chi connectivity index (χ4n) is 3.68. The summed E-state index contributed by atoms with van der Waals surface area (Å²) < 4.78 is 6.37. The number of rotatable bonds is 5. The van der Waals surface area contributed by atoms with Gasteiger partial charge in [-0.15, -0.1) is 0 Å². The maximum atomic E-state index is 12.6. The van der Waals surface area contributed by atoms with Crippen LogP contribution in [0.15, 0.2) is 60.0 Å². The molecule has 1 N–H and O–H groups in total. The highest BCUT2D eigenvalue weighted by molar-refractivity contribution is 5.93. The van der Waals surface area contributed by atoms with Crippen LogP contribution >= 0.6 is 0 Å². The van der Waals surface area contributed by atoms with Crippen LogP contribution in [0.25, 0.3) is 5.57 Å². The molecule has 2 aliphatic heterocycles. The lowest BCUT2D eigenvalue weighted by Gasteiger charge is -2.35. The van der Waals surface area contributed by atoms with E-state index in [9.17, 15) is 4.79 Å². The van der Waals surface area contributed by atoms with Crippen molar-refractivity contribution in [3.63, 3.8) is 0 Å². The van der Waals surface area contributed by atoms with Gasteiger partial charge in [0.1, 0.15) is 17.1 Å². The summed E-state index contributed by atoms with van der Waals surface area (Å²) in [7, 11) is 0. The topological polar surface area (TPSA) is 54.5 Å². The van der Waals surface area contributed by atoms with E-state index in [0.29, 0.717) is 18.8 Å². The second-order valence-electron chi connectivity index (χ2n) is 7.81. The van der Waals surface area contributed by atoms with Crippen molar-refractivity contribution in [3.05, 3.63) is 71.3 Å². The smallest absolute Gasteiger partial charge is 0.272 e. The summed E-state index contributed by atoms with van der Waals surface area (Å²) >= 11 is 0. The monoisotopic (exact) mass is 393 g/mol. The Labute approximate surface area is 173 Å². The Hall–Kier alpha value is -2.66. The van der Waals surface area contributed by atoms with E-state index >= 15 is 0 Å². The molecule has 3 heterocycles. The van der Waals surface area contributed by atoms with E-state index in [1.165, 1.54) is 5.57 Å². The molecule has 1 amide bonds. The van der Waals surface area contributed by atoms with Gasteiger partial charge in [-0.3, -0.25) is 9.78 Å². The fourth-order valence-corrected chi connectivity index (χ4v) is 3.68. The van der Waals surface area contributed by atoms with Crippen LogP contribution in [0.5, 0.6) is 0 Å². The average Bonchev–Trinajstić information content (AvgIpc) is 3.17. The molecule has 1 atom stereocenters. The predicted octanol–water partition coefficient (Wildman–Crippen LogP) is 4.12. The molecule has 2 aliphatic rings. The summed E-state index contributed by atoms with van der Waals surface area (Å²) in [4.78, 5) is 18.8. The summed E-state index contributed by atoms with van der Waals surface area (Å²) in [5.74, 6) is 0.748. The number of carbonyl (C=O) groups excluding carboxylic acids is 1. The summed E-state index contributed by atoms with van der Waals surface area (Å²) in [5, 5.41) is 3.40. The van der Waals surface area contributed by atoms with Crippen molar-refractivity contribution in [3.8, 4) is 0 Å². The molecule has 5 nitrogen and oxygen atoms in total. The summed E-state index contributed by atoms with van der Waals surface area (Å²) in [6.07, 6.45) is 8.88. The summed E-state index contributed by atoms with van der Waals surface area (Å²) in [6, 6.07) is 3.76. The van der Waals surface area contributed by atoms with Gasteiger partial charge in [-0.1, -0.05) is 24.3 Å². The van der Waals surface area contributed by atoms with Crippen LogP contribution in [-0.4, -0.2) is 47.6 Å². The van der Waals surface area contributed by atoms with Crippen molar-refractivity contribution >= 4 is 11.5 Å². The number of hydrogen-bond donors (Lipinski definition) is 1. The minimum Gasteiger partial charge on any atom is -0.481 e. The predicted molar refractivity (Wildman–Crippen MR) is 117 cm³/mol. The normalized spacial score (nSPS) is 22.4. The van der Waals surface area contributed by atoms with Crippen LogP contribution in [0.3, 0.4) is 0 Å². The van der Waals surface area contributed by atoms with Crippen molar-refractivity contribution < 1.29 is 9.53 Å². The van der Waals surface area contributed by atoms with Crippen molar-refractivity contribution in [2.24, 2.45) is 0 Å². The molecule has 1 spiro atoms. The van der Waals surface area contributed by atoms with Crippen LogP contribution in [0.4, 0.5) is 0 Å². The third kappa shape index (κ3) is 4.51. The minimum absolute atomic E-state index is 0.0399. The number of amides is 1. The number of nitrogens with zero attached hydrogens (tertiary/aromatic N) is 2. The third-order valence-corrected chi connectivity index (χ3v) is 5.40. The Bertz CT molecular complexity index is 864. The highest BCUT2D eigenvalue weighted by Crippen LogP contribution is 2.40. The third-order valence-electron chi connectivity index (χ3n) is 5.40. The molecule has 1 unspecified atom stereocenters. The second-order valence-corrected chi connectivity index (χ2v) is 7.81. The van der Waals surface area contributed by atoms with Gasteiger partial charge >= 0.3 is 0 Å². The van der Waals surface area contributed by atoms with Crippen LogP contribution in [-0.2, 0) is 4.74 Å². The average molecular weight is 394 g/mol. The van der Waals surface area contributed by atoms with Crippen molar-refractivity contribution in [2.75, 3.05) is 26.2 Å². The lowest BCUT2D eigenvalue weighted by atomic mass is 9.88. The molecule has 0 radical (unpaired) electrons. The number of ether oxygens (including phenoxy) is 1. The van der Waals surface area contributed by atoms with Crippen LogP contribution in [0.1, 0.15) is 50.2 Å². The van der Waals surface area contributed by atoms with Gasteiger partial charge < -0.3 is 15.0 Å². The highest BCUT2D eigenvalue weighted by atomic mass is 16.5. The van der Waals surface area contributed by atoms with Crippen molar-refractivity contribution in [1.29, 1.82) is 0 Å². The molecule has 1 saturated heterocycles. The Morgan fingerprint density at radius 2 is 2.10 bits per heavy atom. The van der Waals surface area contributed by atoms with Crippen LogP contribution in [0.2, 0.25) is 0 Å². The largest absolute Gasteiger partial charge is 0.481 e. The molecular weight excluding hydrogens is 362 g/mol. The van der Waals surface area contributed by atoms with E-state index in [0.717, 1.165) is 42.0 Å². The number of allylic oxidation sites excluding steroid dienone is 4. The van der Waals surface area contributed by atoms with Crippen molar-refractivity contribution in [2.45, 2.75) is 39.7 Å². The number of pyridine rings is 1. The molecule has 1 aromatic rings. The Kier molecular flexibility index (Phi) is 6.38. The molecular formula is C24H31N3O2. The van der Waals surface area contributed by atoms with Crippen molar-refractivity contribution in [1.82, 2.24) is 15.2 Å². The number of aromatic nitrogens is 1. The minimum atomic E-state index is -0.368. The van der Waals surface area contributed by atoms with E-state index in [2.05, 4.69) is 36.8 Å². The zero-order valence-corrected chi connectivity index (χ0v) is 17.9. The zero-order chi connectivity index (χ0) is 21.0. The molecule has 0 bridgehead atoms. The molecule has 154 valence electrons. The van der Waals surface area contributed by atoms with Crippen LogP contribution in [0, 0.1) is 0 Å². The van der Waals surface area contributed by atoms with Gasteiger partial charge in [0.05, 0.1) is 0 Å². The first-order valence-corrected chi connectivity index (χ1v) is 10.3. The van der Waals surface area contributed by atoms with E-state index in [1.54, 1.807) is 17.2 Å². The number of hydrogen-bond acceptors (Lipinski definition) is 4. The first-order chi connectivity index (χ1) is 13.9. The highest BCUT2D eigenvalue weighted by Gasteiger charge is 2.39. The standard InChI is InChI=1S/C24H31N3O2/c1-6-27(7-2)23(28)21-10-9-19(15-26-21)20-14-24(12-13-25-16-24)29-22(18(20)5)11-8-17(3)4/h8-11,14-15,25H,5-7,12-13,16H2,1-4H3/b22-11+. The molecule has 0 saturated carbocycles.